The van der Waals surface area contributed by atoms with Crippen molar-refractivity contribution in [2.45, 2.75) is 32.9 Å². The fourth-order valence-corrected chi connectivity index (χ4v) is 2.80. The smallest absolute Gasteiger partial charge is 0.0544 e. The highest BCUT2D eigenvalue weighted by Crippen LogP contribution is 2.25. The van der Waals surface area contributed by atoms with Crippen molar-refractivity contribution >= 4 is 0 Å². The summed E-state index contributed by atoms with van der Waals surface area (Å²) in [7, 11) is 0. The van der Waals surface area contributed by atoms with Crippen molar-refractivity contribution in [3.05, 3.63) is 65.5 Å². The summed E-state index contributed by atoms with van der Waals surface area (Å²) >= 11 is 0. The summed E-state index contributed by atoms with van der Waals surface area (Å²) in [6, 6.07) is 14.9. The Morgan fingerprint density at radius 1 is 1.10 bits per heavy atom. The summed E-state index contributed by atoms with van der Waals surface area (Å²) in [6.07, 6.45) is 2.88. The van der Waals surface area contributed by atoms with Crippen molar-refractivity contribution in [1.29, 1.82) is 0 Å². The molecule has 1 heterocycles. The highest BCUT2D eigenvalue weighted by atomic mass is 15.2. The maximum atomic E-state index is 6.10. The van der Waals surface area contributed by atoms with Crippen LogP contribution >= 0.6 is 0 Å². The quantitative estimate of drug-likeness (QED) is 0.848. The highest BCUT2D eigenvalue weighted by molar-refractivity contribution is 5.30. The normalized spacial score (nSPS) is 12.6. The molecule has 1 aromatic heterocycles. The lowest BCUT2D eigenvalue weighted by atomic mass is 9.97. The summed E-state index contributed by atoms with van der Waals surface area (Å²) in [4.78, 5) is 6.84. The van der Waals surface area contributed by atoms with E-state index < -0.39 is 0 Å². The number of nitrogens with two attached hydrogens (primary N) is 1. The number of nitrogens with zero attached hydrogens (tertiary/aromatic N) is 2. The fraction of sp³-hybridized carbons (Fsp3) is 0.389. The number of pyridine rings is 1. The van der Waals surface area contributed by atoms with E-state index in [4.69, 9.17) is 5.73 Å². The third kappa shape index (κ3) is 3.90. The number of hydrogen-bond donors (Lipinski definition) is 1. The van der Waals surface area contributed by atoms with Crippen molar-refractivity contribution in [2.75, 3.05) is 13.1 Å². The average Bonchev–Trinajstić information content (AvgIpc) is 2.56. The fourth-order valence-electron chi connectivity index (χ4n) is 2.80. The van der Waals surface area contributed by atoms with Gasteiger partial charge in [0.15, 0.2) is 0 Å². The molecule has 112 valence electrons. The molecule has 0 amide bonds. The van der Waals surface area contributed by atoms with E-state index in [9.17, 15) is 0 Å². The van der Waals surface area contributed by atoms with Gasteiger partial charge in [-0.2, -0.15) is 0 Å². The molecule has 0 spiro atoms. The second-order valence-electron chi connectivity index (χ2n) is 5.19. The molecule has 0 bridgehead atoms. The molecule has 0 saturated carbocycles. The Bertz CT molecular complexity index is 539. The summed E-state index contributed by atoms with van der Waals surface area (Å²) in [5.41, 5.74) is 9.92. The molecule has 2 rings (SSSR count). The standard InChI is InChI=1S/C18H25N3/c1-3-15-9-5-6-11-17(15)18(13-19)21(4-2)14-16-10-7-8-12-20-16/h5-12,18H,3-4,13-14,19H2,1-2H3. The van der Waals surface area contributed by atoms with Gasteiger partial charge in [-0.25, -0.2) is 0 Å². The number of rotatable bonds is 7. The molecule has 0 fully saturated rings. The number of aryl methyl sites for hydroxylation is 1. The first-order chi connectivity index (χ1) is 10.3. The molecular formula is C18H25N3. The highest BCUT2D eigenvalue weighted by Gasteiger charge is 2.20. The van der Waals surface area contributed by atoms with E-state index >= 15 is 0 Å². The zero-order valence-corrected chi connectivity index (χ0v) is 13.0. The third-order valence-electron chi connectivity index (χ3n) is 3.96. The predicted octanol–water partition coefficient (Wildman–Crippen LogP) is 3.17. The van der Waals surface area contributed by atoms with Crippen molar-refractivity contribution in [2.24, 2.45) is 5.73 Å². The minimum absolute atomic E-state index is 0.244. The van der Waals surface area contributed by atoms with E-state index in [-0.39, 0.29) is 6.04 Å². The second-order valence-corrected chi connectivity index (χ2v) is 5.19. The van der Waals surface area contributed by atoms with Crippen LogP contribution in [0.4, 0.5) is 0 Å². The molecule has 0 aliphatic rings. The molecule has 21 heavy (non-hydrogen) atoms. The Morgan fingerprint density at radius 3 is 2.48 bits per heavy atom. The molecule has 0 aliphatic heterocycles. The van der Waals surface area contributed by atoms with Crippen LogP contribution in [-0.2, 0) is 13.0 Å². The van der Waals surface area contributed by atoms with Crippen LogP contribution in [0.3, 0.4) is 0 Å². The van der Waals surface area contributed by atoms with Crippen LogP contribution in [0.5, 0.6) is 0 Å². The first kappa shape index (κ1) is 15.7. The van der Waals surface area contributed by atoms with E-state index in [1.807, 2.05) is 18.3 Å². The van der Waals surface area contributed by atoms with E-state index in [1.165, 1.54) is 11.1 Å². The van der Waals surface area contributed by atoms with Gasteiger partial charge in [-0.05, 0) is 36.2 Å². The van der Waals surface area contributed by atoms with Gasteiger partial charge < -0.3 is 5.73 Å². The SMILES string of the molecule is CCc1ccccc1C(CN)N(CC)Cc1ccccn1. The van der Waals surface area contributed by atoms with Gasteiger partial charge in [-0.3, -0.25) is 9.88 Å². The van der Waals surface area contributed by atoms with Crippen LogP contribution in [-0.4, -0.2) is 23.0 Å². The molecule has 1 unspecified atom stereocenters. The lowest BCUT2D eigenvalue weighted by Gasteiger charge is -2.31. The van der Waals surface area contributed by atoms with Crippen LogP contribution < -0.4 is 5.73 Å². The van der Waals surface area contributed by atoms with Crippen molar-refractivity contribution in [1.82, 2.24) is 9.88 Å². The van der Waals surface area contributed by atoms with Crippen LogP contribution in [0.25, 0.3) is 0 Å². The number of hydrogen-bond acceptors (Lipinski definition) is 3. The minimum atomic E-state index is 0.244. The Kier molecular flexibility index (Phi) is 5.90. The van der Waals surface area contributed by atoms with Gasteiger partial charge in [0.25, 0.3) is 0 Å². The zero-order valence-electron chi connectivity index (χ0n) is 13.0. The van der Waals surface area contributed by atoms with Crippen LogP contribution in [0.1, 0.15) is 36.7 Å². The van der Waals surface area contributed by atoms with Crippen LogP contribution in [0.15, 0.2) is 48.7 Å². The molecule has 3 heteroatoms. The monoisotopic (exact) mass is 283 g/mol. The Morgan fingerprint density at radius 2 is 1.86 bits per heavy atom. The van der Waals surface area contributed by atoms with Gasteiger partial charge in [0.1, 0.15) is 0 Å². The summed E-state index contributed by atoms with van der Waals surface area (Å²) in [5.74, 6) is 0. The Balaban J connectivity index is 2.25. The molecule has 1 atom stereocenters. The van der Waals surface area contributed by atoms with Gasteiger partial charge in [0.2, 0.25) is 0 Å². The lowest BCUT2D eigenvalue weighted by molar-refractivity contribution is 0.200. The van der Waals surface area contributed by atoms with E-state index in [0.29, 0.717) is 6.54 Å². The summed E-state index contributed by atoms with van der Waals surface area (Å²) < 4.78 is 0. The summed E-state index contributed by atoms with van der Waals surface area (Å²) in [5, 5.41) is 0. The second kappa shape index (κ2) is 7.91. The number of likely N-dealkylation sites (N-methyl/N-ethyl adjacent to an activating group) is 1. The van der Waals surface area contributed by atoms with Gasteiger partial charge in [0.05, 0.1) is 5.69 Å². The van der Waals surface area contributed by atoms with Gasteiger partial charge in [0, 0.05) is 25.3 Å². The van der Waals surface area contributed by atoms with Crippen molar-refractivity contribution in [3.8, 4) is 0 Å². The molecule has 3 nitrogen and oxygen atoms in total. The van der Waals surface area contributed by atoms with Crippen LogP contribution in [0, 0.1) is 0 Å². The molecule has 2 aromatic rings. The Hall–Kier alpha value is -1.71. The molecule has 1 aromatic carbocycles. The largest absolute Gasteiger partial charge is 0.329 e. The van der Waals surface area contributed by atoms with Gasteiger partial charge in [-0.15, -0.1) is 0 Å². The Labute approximate surface area is 127 Å². The number of benzene rings is 1. The van der Waals surface area contributed by atoms with E-state index in [2.05, 4.69) is 54.1 Å². The van der Waals surface area contributed by atoms with E-state index in [1.54, 1.807) is 0 Å². The zero-order chi connectivity index (χ0) is 15.1. The lowest BCUT2D eigenvalue weighted by Crippen LogP contribution is -2.34. The van der Waals surface area contributed by atoms with Crippen molar-refractivity contribution < 1.29 is 0 Å². The van der Waals surface area contributed by atoms with Crippen molar-refractivity contribution in [3.63, 3.8) is 0 Å². The number of aromatic nitrogens is 1. The first-order valence-electron chi connectivity index (χ1n) is 7.71. The predicted molar refractivity (Wildman–Crippen MR) is 87.9 cm³/mol. The summed E-state index contributed by atoms with van der Waals surface area (Å²) in [6.45, 7) is 6.78. The third-order valence-corrected chi connectivity index (χ3v) is 3.96. The molecule has 2 N–H and O–H groups in total. The maximum absolute atomic E-state index is 6.10. The molecular weight excluding hydrogens is 258 g/mol. The van der Waals surface area contributed by atoms with Gasteiger partial charge in [-0.1, -0.05) is 44.2 Å². The van der Waals surface area contributed by atoms with E-state index in [0.717, 1.165) is 25.2 Å². The maximum Gasteiger partial charge on any atom is 0.0544 e. The molecule has 0 radical (unpaired) electrons. The minimum Gasteiger partial charge on any atom is -0.329 e. The first-order valence-corrected chi connectivity index (χ1v) is 7.71. The topological polar surface area (TPSA) is 42.1 Å². The van der Waals surface area contributed by atoms with Crippen LogP contribution in [0.2, 0.25) is 0 Å². The molecule has 0 saturated heterocycles. The molecule has 0 aliphatic carbocycles. The average molecular weight is 283 g/mol. The van der Waals surface area contributed by atoms with Gasteiger partial charge >= 0.3 is 0 Å².